The highest BCUT2D eigenvalue weighted by atomic mass is 32.2. The third kappa shape index (κ3) is 5.49. The van der Waals surface area contributed by atoms with E-state index in [1.165, 1.54) is 0 Å². The lowest BCUT2D eigenvalue weighted by molar-refractivity contribution is -0.120. The summed E-state index contributed by atoms with van der Waals surface area (Å²) in [6.07, 6.45) is 0. The number of carbonyl (C=O) groups is 2. The first-order chi connectivity index (χ1) is 11.9. The minimum atomic E-state index is -0.876. The number of imide groups is 1. The number of nitrogens with zero attached hydrogens (tertiary/aromatic N) is 2. The van der Waals surface area contributed by atoms with Crippen LogP contribution in [0.1, 0.15) is 25.2 Å². The van der Waals surface area contributed by atoms with E-state index in [0.29, 0.717) is 11.0 Å². The molecule has 4 N–H and O–H groups in total. The summed E-state index contributed by atoms with van der Waals surface area (Å²) in [5.74, 6) is 0.821. The first-order valence-electron chi connectivity index (χ1n) is 7.73. The van der Waals surface area contributed by atoms with E-state index >= 15 is 0 Å². The number of para-hydroxylation sites is 1. The molecule has 1 atom stereocenters. The molecule has 25 heavy (non-hydrogen) atoms. The lowest BCUT2D eigenvalue weighted by Crippen LogP contribution is -2.42. The molecule has 2 rings (SSSR count). The number of hydrogen-bond acceptors (Lipinski definition) is 6. The number of thioether (sulfide) groups is 1. The maximum Gasteiger partial charge on any atom is 0.318 e. The molecule has 0 aliphatic rings. The zero-order chi connectivity index (χ0) is 18.4. The number of ether oxygens (including phenoxy) is 1. The number of amides is 3. The fourth-order valence-electron chi connectivity index (χ4n) is 2.06. The predicted octanol–water partition coefficient (Wildman–Crippen LogP) is 2.00. The van der Waals surface area contributed by atoms with Crippen molar-refractivity contribution in [3.8, 4) is 5.75 Å². The second kappa shape index (κ2) is 8.52. The molecule has 1 aromatic carbocycles. The average molecular weight is 363 g/mol. The summed E-state index contributed by atoms with van der Waals surface area (Å²) in [5.41, 5.74) is 6.03. The number of nitrogens with one attached hydrogen (secondary N) is 2. The molecular formula is C16H21N5O3S. The third-order valence-electron chi connectivity index (χ3n) is 3.31. The molecule has 0 saturated heterocycles. The van der Waals surface area contributed by atoms with Crippen molar-refractivity contribution in [3.63, 3.8) is 0 Å². The van der Waals surface area contributed by atoms with Crippen LogP contribution in [0, 0.1) is 12.8 Å². The summed E-state index contributed by atoms with van der Waals surface area (Å²) in [6, 6.07) is 6.80. The minimum Gasteiger partial charge on any atom is -0.485 e. The topological polar surface area (TPSA) is 123 Å². The number of hydrogen-bond donors (Lipinski definition) is 3. The van der Waals surface area contributed by atoms with Gasteiger partial charge in [-0.15, -0.1) is 5.10 Å². The number of urea groups is 1. The predicted molar refractivity (Wildman–Crippen MR) is 94.1 cm³/mol. The Labute approximate surface area is 149 Å². The summed E-state index contributed by atoms with van der Waals surface area (Å²) in [4.78, 5) is 27.2. The number of benzene rings is 1. The molecule has 2 aromatic rings. The van der Waals surface area contributed by atoms with Crippen LogP contribution in [0.3, 0.4) is 0 Å². The second-order valence-corrected chi connectivity index (χ2v) is 6.86. The first-order valence-corrected chi connectivity index (χ1v) is 8.61. The number of aromatic nitrogens is 3. The van der Waals surface area contributed by atoms with Gasteiger partial charge in [0.15, 0.2) is 5.82 Å². The van der Waals surface area contributed by atoms with E-state index in [9.17, 15) is 9.59 Å². The highest BCUT2D eigenvalue weighted by molar-refractivity contribution is 8.00. The highest BCUT2D eigenvalue weighted by Gasteiger charge is 2.26. The normalized spacial score (nSPS) is 12.0. The molecule has 134 valence electrons. The molecule has 0 aliphatic heterocycles. The van der Waals surface area contributed by atoms with E-state index in [0.717, 1.165) is 23.1 Å². The Hall–Kier alpha value is -2.55. The Bertz CT molecular complexity index is 747. The molecule has 1 aromatic heterocycles. The molecule has 1 heterocycles. The standard InChI is InChI=1S/C16H21N5O3S/c1-9(2)13(14(22)19-15(17)23)25-16-18-12(20-21-16)8-24-11-7-5-4-6-10(11)3/h4-7,9,13H,8H2,1-3H3,(H,18,20,21)(H3,17,19,22,23)/t13-/m1/s1. The van der Waals surface area contributed by atoms with Gasteiger partial charge in [-0.2, -0.15) is 0 Å². The van der Waals surface area contributed by atoms with E-state index in [1.54, 1.807) is 0 Å². The lowest BCUT2D eigenvalue weighted by Gasteiger charge is -2.16. The van der Waals surface area contributed by atoms with Crippen LogP contribution in [0.4, 0.5) is 4.79 Å². The van der Waals surface area contributed by atoms with E-state index in [-0.39, 0.29) is 12.5 Å². The molecule has 0 radical (unpaired) electrons. The average Bonchev–Trinajstić information content (AvgIpc) is 2.98. The highest BCUT2D eigenvalue weighted by Crippen LogP contribution is 2.26. The number of carbonyl (C=O) groups excluding carboxylic acids is 2. The number of aryl methyl sites for hydroxylation is 1. The van der Waals surface area contributed by atoms with Crippen LogP contribution >= 0.6 is 11.8 Å². The van der Waals surface area contributed by atoms with E-state index in [2.05, 4.69) is 20.5 Å². The quantitative estimate of drug-likeness (QED) is 0.647. The van der Waals surface area contributed by atoms with E-state index in [4.69, 9.17) is 10.5 Å². The van der Waals surface area contributed by atoms with Gasteiger partial charge < -0.3 is 10.5 Å². The van der Waals surface area contributed by atoms with Crippen molar-refractivity contribution >= 4 is 23.7 Å². The Morgan fingerprint density at radius 3 is 2.72 bits per heavy atom. The second-order valence-electron chi connectivity index (χ2n) is 5.75. The van der Waals surface area contributed by atoms with Crippen LogP contribution in [-0.4, -0.2) is 32.4 Å². The van der Waals surface area contributed by atoms with Crippen molar-refractivity contribution in [2.75, 3.05) is 0 Å². The van der Waals surface area contributed by atoms with Crippen LogP contribution in [0.25, 0.3) is 0 Å². The zero-order valence-corrected chi connectivity index (χ0v) is 15.1. The monoisotopic (exact) mass is 363 g/mol. The molecule has 0 saturated carbocycles. The van der Waals surface area contributed by atoms with Crippen LogP contribution in [0.15, 0.2) is 29.4 Å². The Morgan fingerprint density at radius 1 is 1.36 bits per heavy atom. The van der Waals surface area contributed by atoms with Crippen LogP contribution in [0.2, 0.25) is 0 Å². The maximum atomic E-state index is 12.0. The molecule has 0 aliphatic carbocycles. The molecule has 0 unspecified atom stereocenters. The molecular weight excluding hydrogens is 342 g/mol. The molecule has 0 bridgehead atoms. The van der Waals surface area contributed by atoms with Gasteiger partial charge in [0.25, 0.3) is 0 Å². The summed E-state index contributed by atoms with van der Waals surface area (Å²) in [5, 5.41) is 8.84. The molecule has 0 spiro atoms. The van der Waals surface area contributed by atoms with Gasteiger partial charge >= 0.3 is 6.03 Å². The first kappa shape index (κ1) is 18.8. The van der Waals surface area contributed by atoms with Gasteiger partial charge in [-0.05, 0) is 24.5 Å². The van der Waals surface area contributed by atoms with Crippen molar-refractivity contribution < 1.29 is 14.3 Å². The largest absolute Gasteiger partial charge is 0.485 e. The number of aromatic amines is 1. The van der Waals surface area contributed by atoms with Crippen molar-refractivity contribution in [2.45, 2.75) is 37.8 Å². The number of primary amides is 1. The van der Waals surface area contributed by atoms with Crippen LogP contribution in [-0.2, 0) is 11.4 Å². The third-order valence-corrected chi connectivity index (χ3v) is 4.72. The van der Waals surface area contributed by atoms with Gasteiger partial charge in [-0.25, -0.2) is 9.78 Å². The maximum absolute atomic E-state index is 12.0. The Morgan fingerprint density at radius 2 is 2.08 bits per heavy atom. The minimum absolute atomic E-state index is 0.0329. The number of nitrogens with two attached hydrogens (primary N) is 1. The Kier molecular flexibility index (Phi) is 6.40. The van der Waals surface area contributed by atoms with E-state index < -0.39 is 17.2 Å². The molecule has 0 fully saturated rings. The zero-order valence-electron chi connectivity index (χ0n) is 14.3. The van der Waals surface area contributed by atoms with Crippen LogP contribution < -0.4 is 15.8 Å². The fourth-order valence-corrected chi connectivity index (χ4v) is 2.98. The smallest absolute Gasteiger partial charge is 0.318 e. The summed E-state index contributed by atoms with van der Waals surface area (Å²) < 4.78 is 5.71. The summed E-state index contributed by atoms with van der Waals surface area (Å²) >= 11 is 1.16. The SMILES string of the molecule is Cc1ccccc1OCc1nc(S[C@@H](C(=O)NC(N)=O)C(C)C)n[nH]1. The van der Waals surface area contributed by atoms with E-state index in [1.807, 2.05) is 45.0 Å². The van der Waals surface area contributed by atoms with Crippen LogP contribution in [0.5, 0.6) is 5.75 Å². The van der Waals surface area contributed by atoms with Gasteiger partial charge in [0.05, 0.1) is 5.25 Å². The molecule has 9 heteroatoms. The summed E-state index contributed by atoms with van der Waals surface area (Å²) in [7, 11) is 0. The van der Waals surface area contributed by atoms with Gasteiger partial charge in [-0.1, -0.05) is 43.8 Å². The van der Waals surface area contributed by atoms with Crippen molar-refractivity contribution in [1.29, 1.82) is 0 Å². The fraction of sp³-hybridized carbons (Fsp3) is 0.375. The van der Waals surface area contributed by atoms with Gasteiger partial charge in [-0.3, -0.25) is 15.2 Å². The lowest BCUT2D eigenvalue weighted by atomic mass is 10.1. The van der Waals surface area contributed by atoms with Gasteiger partial charge in [0, 0.05) is 0 Å². The number of rotatable bonds is 7. The Balaban J connectivity index is 1.98. The van der Waals surface area contributed by atoms with Crippen molar-refractivity contribution in [1.82, 2.24) is 20.5 Å². The number of H-pyrrole nitrogens is 1. The van der Waals surface area contributed by atoms with Crippen molar-refractivity contribution in [3.05, 3.63) is 35.7 Å². The molecule has 3 amide bonds. The van der Waals surface area contributed by atoms with Gasteiger partial charge in [0.1, 0.15) is 12.4 Å². The van der Waals surface area contributed by atoms with Gasteiger partial charge in [0.2, 0.25) is 11.1 Å². The summed E-state index contributed by atoms with van der Waals surface area (Å²) in [6.45, 7) is 5.93. The molecule has 8 nitrogen and oxygen atoms in total. The van der Waals surface area contributed by atoms with Crippen molar-refractivity contribution in [2.24, 2.45) is 11.7 Å².